The first kappa shape index (κ1) is 14.3. The van der Waals surface area contributed by atoms with E-state index < -0.39 is 20.0 Å². The molecule has 4 N–H and O–H groups in total. The van der Waals surface area contributed by atoms with Gasteiger partial charge in [-0.3, -0.25) is 0 Å². The zero-order chi connectivity index (χ0) is 9.07. The number of rotatable bonds is 2. The zero-order valence-electron chi connectivity index (χ0n) is 6.05. The van der Waals surface area contributed by atoms with Gasteiger partial charge < -0.3 is 25.4 Å². The quantitative estimate of drug-likeness (QED) is 0.345. The van der Waals surface area contributed by atoms with Crippen LogP contribution in [-0.4, -0.2) is 12.2 Å². The summed E-state index contributed by atoms with van der Waals surface area (Å²) in [4.78, 5) is 29.8. The van der Waals surface area contributed by atoms with Gasteiger partial charge in [-0.25, -0.2) is 14.2 Å². The number of carbonyl (C=O) groups is 2. The number of phosphoric ester groups is 1. The number of amides is 2. The maximum atomic E-state index is 10.2. The summed E-state index contributed by atoms with van der Waals surface area (Å²) in [6.07, 6.45) is -3.21. The van der Waals surface area contributed by atoms with Gasteiger partial charge in [-0.05, 0) is 0 Å². The molecule has 0 aliphatic heterocycles. The van der Waals surface area contributed by atoms with E-state index in [2.05, 4.69) is 20.5 Å². The van der Waals surface area contributed by atoms with Gasteiger partial charge in [-0.15, -0.1) is 0 Å². The van der Waals surface area contributed by atoms with E-state index >= 15 is 0 Å². The first-order valence-electron chi connectivity index (χ1n) is 2.12. The van der Waals surface area contributed by atoms with Crippen molar-refractivity contribution in [3.63, 3.8) is 0 Å². The molecular formula is C2H4N2NaO6P. The van der Waals surface area contributed by atoms with Crippen LogP contribution in [0.1, 0.15) is 0 Å². The minimum atomic E-state index is -5.00. The van der Waals surface area contributed by atoms with E-state index in [1.54, 1.807) is 0 Å². The van der Waals surface area contributed by atoms with E-state index in [4.69, 9.17) is 0 Å². The Labute approximate surface area is 89.1 Å². The Morgan fingerprint density at radius 2 is 1.42 bits per heavy atom. The SMILES string of the molecule is NC(=O)OP(=O)([O-])OC(N)=O.[Na+]. The van der Waals surface area contributed by atoms with Gasteiger partial charge in [0.05, 0.1) is 0 Å². The largest absolute Gasteiger partial charge is 1.00 e. The van der Waals surface area contributed by atoms with Gasteiger partial charge in [0.25, 0.3) is 0 Å². The standard InChI is InChI=1S/C2H5N2O6P.Na/c3-1(5)9-11(7,8)10-2(4)6;/h(H2,3,5)(H2,4,6)(H,7,8);/q;+1/p-1. The summed E-state index contributed by atoms with van der Waals surface area (Å²) < 4.78 is 17.0. The summed E-state index contributed by atoms with van der Waals surface area (Å²) in [5.41, 5.74) is 8.58. The van der Waals surface area contributed by atoms with Crippen molar-refractivity contribution in [3.8, 4) is 0 Å². The third-order valence-electron chi connectivity index (χ3n) is 0.404. The van der Waals surface area contributed by atoms with Gasteiger partial charge >= 0.3 is 49.6 Å². The minimum Gasteiger partial charge on any atom is -0.736 e. The van der Waals surface area contributed by atoms with Crippen molar-refractivity contribution in [3.05, 3.63) is 0 Å². The molecule has 0 heterocycles. The third-order valence-corrected chi connectivity index (χ3v) is 1.21. The fourth-order valence-electron chi connectivity index (χ4n) is 0.239. The maximum Gasteiger partial charge on any atom is 1.00 e. The molecule has 64 valence electrons. The number of phosphoric acid groups is 1. The second-order valence-corrected chi connectivity index (χ2v) is 2.53. The average Bonchev–Trinajstić information content (AvgIpc) is 1.53. The van der Waals surface area contributed by atoms with Crippen molar-refractivity contribution < 1.29 is 57.7 Å². The van der Waals surface area contributed by atoms with Crippen LogP contribution in [0.4, 0.5) is 9.59 Å². The summed E-state index contributed by atoms with van der Waals surface area (Å²) in [6, 6.07) is 0. The molecule has 2 amide bonds. The maximum absolute atomic E-state index is 10.2. The van der Waals surface area contributed by atoms with Crippen LogP contribution in [0.2, 0.25) is 0 Å². The molecule has 0 rings (SSSR count). The third kappa shape index (κ3) is 7.83. The Balaban J connectivity index is 0. The topological polar surface area (TPSA) is 145 Å². The van der Waals surface area contributed by atoms with Crippen molar-refractivity contribution in [2.24, 2.45) is 11.5 Å². The Morgan fingerprint density at radius 3 is 1.58 bits per heavy atom. The first-order chi connectivity index (χ1) is 4.83. The summed E-state index contributed by atoms with van der Waals surface area (Å²) >= 11 is 0. The van der Waals surface area contributed by atoms with E-state index in [1.165, 1.54) is 0 Å². The number of nitrogens with two attached hydrogens (primary N) is 2. The van der Waals surface area contributed by atoms with E-state index in [0.29, 0.717) is 0 Å². The molecule has 8 nitrogen and oxygen atoms in total. The molecule has 0 spiro atoms. The van der Waals surface area contributed by atoms with Crippen LogP contribution in [-0.2, 0) is 13.6 Å². The molecule has 0 bridgehead atoms. The summed E-state index contributed by atoms with van der Waals surface area (Å²) in [7, 11) is -5.00. The van der Waals surface area contributed by atoms with Crippen LogP contribution in [0, 0.1) is 0 Å². The monoisotopic (exact) mass is 206 g/mol. The van der Waals surface area contributed by atoms with Gasteiger partial charge in [0, 0.05) is 0 Å². The number of primary amides is 2. The van der Waals surface area contributed by atoms with Crippen molar-refractivity contribution in [2.75, 3.05) is 0 Å². The first-order valence-corrected chi connectivity index (χ1v) is 3.58. The molecule has 0 unspecified atom stereocenters. The average molecular weight is 206 g/mol. The Bertz CT molecular complexity index is 210. The van der Waals surface area contributed by atoms with Crippen molar-refractivity contribution in [1.82, 2.24) is 0 Å². The Morgan fingerprint density at radius 1 is 1.17 bits per heavy atom. The smallest absolute Gasteiger partial charge is 0.736 e. The van der Waals surface area contributed by atoms with Crippen LogP contribution in [0.15, 0.2) is 0 Å². The van der Waals surface area contributed by atoms with Crippen LogP contribution in [0.5, 0.6) is 0 Å². The summed E-state index contributed by atoms with van der Waals surface area (Å²) in [6.45, 7) is 0. The molecule has 0 fully saturated rings. The van der Waals surface area contributed by atoms with E-state index in [-0.39, 0.29) is 29.6 Å². The fraction of sp³-hybridized carbons (Fsp3) is 0. The predicted octanol–water partition coefficient (Wildman–Crippen LogP) is -4.35. The van der Waals surface area contributed by atoms with Gasteiger partial charge in [-0.2, -0.15) is 0 Å². The Kier molecular flexibility index (Phi) is 6.41. The molecule has 0 saturated carbocycles. The molecule has 10 heteroatoms. The molecule has 0 aromatic rings. The summed E-state index contributed by atoms with van der Waals surface area (Å²) in [5.74, 6) is 0. The number of hydrogen-bond acceptors (Lipinski definition) is 6. The molecule has 0 aliphatic rings. The van der Waals surface area contributed by atoms with Gasteiger partial charge in [0.15, 0.2) is 0 Å². The van der Waals surface area contributed by atoms with Crippen LogP contribution >= 0.6 is 7.82 Å². The van der Waals surface area contributed by atoms with Crippen molar-refractivity contribution >= 4 is 20.0 Å². The fourth-order valence-corrected chi connectivity index (χ4v) is 0.717. The second-order valence-electron chi connectivity index (χ2n) is 1.27. The number of hydrogen-bond donors (Lipinski definition) is 2. The van der Waals surface area contributed by atoms with Crippen LogP contribution in [0.3, 0.4) is 0 Å². The van der Waals surface area contributed by atoms with Crippen molar-refractivity contribution in [2.45, 2.75) is 0 Å². The van der Waals surface area contributed by atoms with Gasteiger partial charge in [0.2, 0.25) is 0 Å². The van der Waals surface area contributed by atoms with Crippen LogP contribution in [0.25, 0.3) is 0 Å². The van der Waals surface area contributed by atoms with Gasteiger partial charge in [-0.1, -0.05) is 0 Å². The summed E-state index contributed by atoms with van der Waals surface area (Å²) in [5, 5.41) is 0. The molecule has 0 aromatic carbocycles. The van der Waals surface area contributed by atoms with E-state index in [9.17, 15) is 19.0 Å². The predicted molar refractivity (Wildman–Crippen MR) is 28.9 cm³/mol. The normalized spacial score (nSPS) is 9.42. The zero-order valence-corrected chi connectivity index (χ0v) is 8.95. The van der Waals surface area contributed by atoms with E-state index in [1.807, 2.05) is 0 Å². The second kappa shape index (κ2) is 5.39. The molecule has 0 aromatic heterocycles. The molecule has 0 atom stereocenters. The molecule has 12 heavy (non-hydrogen) atoms. The van der Waals surface area contributed by atoms with Crippen LogP contribution < -0.4 is 45.9 Å². The Hall–Kier alpha value is -0.270. The van der Waals surface area contributed by atoms with Crippen molar-refractivity contribution in [1.29, 1.82) is 0 Å². The molecule has 0 radical (unpaired) electrons. The van der Waals surface area contributed by atoms with E-state index in [0.717, 1.165) is 0 Å². The molecular weight excluding hydrogens is 202 g/mol. The minimum absolute atomic E-state index is 0. The molecule has 0 saturated heterocycles. The number of carbonyl (C=O) groups excluding carboxylic acids is 2. The van der Waals surface area contributed by atoms with Gasteiger partial charge in [0.1, 0.15) is 0 Å². The molecule has 0 aliphatic carbocycles.